The van der Waals surface area contributed by atoms with Crippen molar-refractivity contribution in [3.05, 3.63) is 63.6 Å². The number of carbonyl (C=O) groups excluding carboxylic acids is 2. The van der Waals surface area contributed by atoms with Gasteiger partial charge in [-0.1, -0.05) is 35.3 Å². The van der Waals surface area contributed by atoms with Crippen LogP contribution in [-0.4, -0.2) is 25.5 Å². The smallest absolute Gasteiger partial charge is 0.337 e. The molecule has 1 amide bonds. The number of amides is 1. The second-order valence-electron chi connectivity index (χ2n) is 4.94. The fourth-order valence-corrected chi connectivity index (χ4v) is 2.26. The molecule has 7 heteroatoms. The fourth-order valence-electron chi connectivity index (χ4n) is 1.95. The van der Waals surface area contributed by atoms with Crippen molar-refractivity contribution in [1.29, 1.82) is 0 Å². The maximum atomic E-state index is 11.9. The lowest BCUT2D eigenvalue weighted by Crippen LogP contribution is -2.29. The van der Waals surface area contributed by atoms with Gasteiger partial charge in [0, 0.05) is 11.6 Å². The average molecular weight is 367 g/mol. The van der Waals surface area contributed by atoms with Crippen LogP contribution in [0.1, 0.15) is 15.9 Å². The van der Waals surface area contributed by atoms with Crippen LogP contribution in [0.15, 0.2) is 42.5 Å². The normalized spacial score (nSPS) is 10.1. The third-order valence-electron chi connectivity index (χ3n) is 3.23. The monoisotopic (exact) mass is 366 g/mol. The van der Waals surface area contributed by atoms with Gasteiger partial charge in [0.05, 0.1) is 29.9 Å². The van der Waals surface area contributed by atoms with Gasteiger partial charge in [-0.15, -0.1) is 0 Å². The quantitative estimate of drug-likeness (QED) is 0.767. The molecule has 0 aliphatic rings. The Balaban J connectivity index is 1.89. The van der Waals surface area contributed by atoms with Gasteiger partial charge in [-0.25, -0.2) is 4.79 Å². The van der Waals surface area contributed by atoms with Crippen molar-refractivity contribution in [2.45, 2.75) is 6.54 Å². The molecule has 5 nitrogen and oxygen atoms in total. The zero-order chi connectivity index (χ0) is 17.5. The van der Waals surface area contributed by atoms with Gasteiger partial charge in [0.25, 0.3) is 0 Å². The summed E-state index contributed by atoms with van der Waals surface area (Å²) in [6.45, 7) is 0.422. The fraction of sp³-hybridized carbons (Fsp3) is 0.176. The highest BCUT2D eigenvalue weighted by atomic mass is 35.5. The van der Waals surface area contributed by atoms with Crippen LogP contribution in [0.5, 0.6) is 0 Å². The molecule has 24 heavy (non-hydrogen) atoms. The second kappa shape index (κ2) is 8.57. The van der Waals surface area contributed by atoms with Crippen LogP contribution < -0.4 is 10.6 Å². The minimum Gasteiger partial charge on any atom is -0.465 e. The first kappa shape index (κ1) is 18.1. The first-order chi connectivity index (χ1) is 11.5. The first-order valence-corrected chi connectivity index (χ1v) is 7.88. The van der Waals surface area contributed by atoms with Crippen LogP contribution in [0.3, 0.4) is 0 Å². The number of carbonyl (C=O) groups is 2. The summed E-state index contributed by atoms with van der Waals surface area (Å²) in [5.41, 5.74) is 1.78. The molecule has 0 bridgehead atoms. The first-order valence-electron chi connectivity index (χ1n) is 7.12. The maximum Gasteiger partial charge on any atom is 0.337 e. The number of hydrogen-bond donors (Lipinski definition) is 2. The van der Waals surface area contributed by atoms with E-state index in [0.29, 0.717) is 27.8 Å². The summed E-state index contributed by atoms with van der Waals surface area (Å²) in [4.78, 5) is 23.4. The van der Waals surface area contributed by atoms with Crippen molar-refractivity contribution in [3.63, 3.8) is 0 Å². The number of anilines is 1. The molecule has 0 aromatic heterocycles. The molecule has 2 rings (SSSR count). The Bertz CT molecular complexity index is 733. The zero-order valence-corrected chi connectivity index (χ0v) is 14.4. The Labute approximate surface area is 149 Å². The van der Waals surface area contributed by atoms with Crippen molar-refractivity contribution in [1.82, 2.24) is 5.32 Å². The van der Waals surface area contributed by atoms with Gasteiger partial charge in [0.2, 0.25) is 5.91 Å². The lowest BCUT2D eigenvalue weighted by molar-refractivity contribution is -0.119. The van der Waals surface area contributed by atoms with E-state index in [9.17, 15) is 9.59 Å². The molecule has 0 saturated heterocycles. The minimum absolute atomic E-state index is 0.0257. The number of methoxy groups -OCH3 is 1. The van der Waals surface area contributed by atoms with Crippen molar-refractivity contribution in [2.24, 2.45) is 0 Å². The summed E-state index contributed by atoms with van der Waals surface area (Å²) in [6, 6.07) is 11.9. The Morgan fingerprint density at radius 3 is 2.46 bits per heavy atom. The minimum atomic E-state index is -0.470. The number of esters is 1. The Hall–Kier alpha value is -2.24. The molecule has 0 aliphatic carbocycles. The van der Waals surface area contributed by atoms with E-state index in [1.54, 1.807) is 30.3 Å². The second-order valence-corrected chi connectivity index (χ2v) is 5.79. The highest BCUT2D eigenvalue weighted by molar-refractivity contribution is 6.33. The van der Waals surface area contributed by atoms with Crippen LogP contribution in [0.4, 0.5) is 5.69 Å². The van der Waals surface area contributed by atoms with Crippen molar-refractivity contribution >= 4 is 40.8 Å². The highest BCUT2D eigenvalue weighted by Crippen LogP contribution is 2.23. The van der Waals surface area contributed by atoms with E-state index in [4.69, 9.17) is 23.2 Å². The predicted molar refractivity (Wildman–Crippen MR) is 94.6 cm³/mol. The lowest BCUT2D eigenvalue weighted by atomic mass is 10.2. The SMILES string of the molecule is COC(=O)c1ccc(Cl)c(NCC(=O)NCc2ccc(Cl)cc2)c1. The summed E-state index contributed by atoms with van der Waals surface area (Å²) < 4.78 is 4.65. The van der Waals surface area contributed by atoms with Crippen molar-refractivity contribution in [3.8, 4) is 0 Å². The van der Waals surface area contributed by atoms with Crippen LogP contribution in [0.2, 0.25) is 10.0 Å². The largest absolute Gasteiger partial charge is 0.465 e. The number of halogens is 2. The van der Waals surface area contributed by atoms with Crippen molar-refractivity contribution in [2.75, 3.05) is 19.0 Å². The standard InChI is InChI=1S/C17H16Cl2N2O3/c1-24-17(23)12-4-7-14(19)15(8-12)20-10-16(22)21-9-11-2-5-13(18)6-3-11/h2-8,20H,9-10H2,1H3,(H,21,22). The summed E-state index contributed by atoms with van der Waals surface area (Å²) in [5.74, 6) is -0.675. The molecule has 0 aliphatic heterocycles. The molecule has 0 atom stereocenters. The Morgan fingerprint density at radius 2 is 1.79 bits per heavy atom. The molecule has 2 N–H and O–H groups in total. The molecule has 2 aromatic carbocycles. The van der Waals surface area contributed by atoms with Crippen LogP contribution in [-0.2, 0) is 16.1 Å². The molecular weight excluding hydrogens is 351 g/mol. The molecule has 0 spiro atoms. The Morgan fingerprint density at radius 1 is 1.08 bits per heavy atom. The van der Waals surface area contributed by atoms with E-state index >= 15 is 0 Å². The van der Waals surface area contributed by atoms with Gasteiger partial charge in [0.1, 0.15) is 0 Å². The van der Waals surface area contributed by atoms with E-state index in [-0.39, 0.29) is 12.5 Å². The van der Waals surface area contributed by atoms with Crippen LogP contribution >= 0.6 is 23.2 Å². The number of rotatable bonds is 6. The van der Waals surface area contributed by atoms with Gasteiger partial charge in [-0.3, -0.25) is 4.79 Å². The third kappa shape index (κ3) is 5.15. The van der Waals surface area contributed by atoms with E-state index < -0.39 is 5.97 Å². The molecule has 2 aromatic rings. The molecule has 0 radical (unpaired) electrons. The summed E-state index contributed by atoms with van der Waals surface area (Å²) in [6.07, 6.45) is 0. The summed E-state index contributed by atoms with van der Waals surface area (Å²) in [7, 11) is 1.30. The van der Waals surface area contributed by atoms with Crippen molar-refractivity contribution < 1.29 is 14.3 Å². The molecule has 0 heterocycles. The average Bonchev–Trinajstić information content (AvgIpc) is 2.59. The third-order valence-corrected chi connectivity index (χ3v) is 3.81. The topological polar surface area (TPSA) is 67.4 Å². The Kier molecular flexibility index (Phi) is 6.46. The van der Waals surface area contributed by atoms with E-state index in [2.05, 4.69) is 15.4 Å². The number of benzene rings is 2. The number of hydrogen-bond acceptors (Lipinski definition) is 4. The van der Waals surface area contributed by atoms with E-state index in [1.165, 1.54) is 7.11 Å². The summed E-state index contributed by atoms with van der Waals surface area (Å²) >= 11 is 11.9. The van der Waals surface area contributed by atoms with E-state index in [0.717, 1.165) is 5.56 Å². The number of nitrogens with one attached hydrogen (secondary N) is 2. The zero-order valence-electron chi connectivity index (χ0n) is 12.9. The molecule has 0 unspecified atom stereocenters. The lowest BCUT2D eigenvalue weighted by Gasteiger charge is -2.10. The molecule has 126 valence electrons. The summed E-state index contributed by atoms with van der Waals surface area (Å²) in [5, 5.41) is 6.74. The van der Waals surface area contributed by atoms with Gasteiger partial charge in [-0.05, 0) is 35.9 Å². The predicted octanol–water partition coefficient (Wildman–Crippen LogP) is 3.51. The number of ether oxygens (including phenoxy) is 1. The maximum absolute atomic E-state index is 11.9. The highest BCUT2D eigenvalue weighted by Gasteiger charge is 2.10. The van der Waals surface area contributed by atoms with Crippen LogP contribution in [0, 0.1) is 0 Å². The molecule has 0 fully saturated rings. The van der Waals surface area contributed by atoms with Gasteiger partial charge < -0.3 is 15.4 Å². The van der Waals surface area contributed by atoms with E-state index in [1.807, 2.05) is 12.1 Å². The van der Waals surface area contributed by atoms with Gasteiger partial charge in [-0.2, -0.15) is 0 Å². The van der Waals surface area contributed by atoms with Gasteiger partial charge in [0.15, 0.2) is 0 Å². The van der Waals surface area contributed by atoms with Crippen LogP contribution in [0.25, 0.3) is 0 Å². The molecular formula is C17H16Cl2N2O3. The molecule has 0 saturated carbocycles. The van der Waals surface area contributed by atoms with Gasteiger partial charge >= 0.3 is 5.97 Å².